The third-order valence-electron chi connectivity index (χ3n) is 3.40. The second-order valence-electron chi connectivity index (χ2n) is 4.63. The highest BCUT2D eigenvalue weighted by molar-refractivity contribution is 5.93. The van der Waals surface area contributed by atoms with Gasteiger partial charge in [-0.25, -0.2) is 9.78 Å². The Morgan fingerprint density at radius 1 is 1.41 bits per heavy atom. The van der Waals surface area contributed by atoms with Crippen LogP contribution in [0, 0.1) is 0 Å². The lowest BCUT2D eigenvalue weighted by Crippen LogP contribution is -2.20. The summed E-state index contributed by atoms with van der Waals surface area (Å²) in [6.45, 7) is 2.46. The quantitative estimate of drug-likeness (QED) is 0.686. The van der Waals surface area contributed by atoms with Crippen LogP contribution in [0.25, 0.3) is 22.3 Å². The fourth-order valence-electron chi connectivity index (χ4n) is 2.25. The van der Waals surface area contributed by atoms with E-state index in [4.69, 9.17) is 4.52 Å². The van der Waals surface area contributed by atoms with Gasteiger partial charge in [-0.15, -0.1) is 0 Å². The first kappa shape index (κ1) is 14.0. The molecule has 0 aliphatic rings. The molecule has 7 nitrogen and oxygen atoms in total. The number of hydrogen-bond donors (Lipinski definition) is 0. The maximum atomic E-state index is 12.4. The zero-order valence-corrected chi connectivity index (χ0v) is 12.1. The maximum absolute atomic E-state index is 12.4. The van der Waals surface area contributed by atoms with Gasteiger partial charge in [-0.05, 0) is 19.1 Å². The average Bonchev–Trinajstić information content (AvgIpc) is 3.08. The topological polar surface area (TPSA) is 87.2 Å². The minimum atomic E-state index is -0.655. The van der Waals surface area contributed by atoms with Crippen LogP contribution in [-0.4, -0.2) is 27.8 Å². The molecule has 0 aliphatic heterocycles. The number of methoxy groups -OCH3 is 1. The van der Waals surface area contributed by atoms with Gasteiger partial charge in [-0.1, -0.05) is 5.16 Å². The van der Waals surface area contributed by atoms with Crippen LogP contribution < -0.4 is 5.43 Å². The molecule has 3 heterocycles. The molecule has 0 radical (unpaired) electrons. The number of fused-ring (bicyclic) bond motifs is 1. The predicted molar refractivity (Wildman–Crippen MR) is 78.5 cm³/mol. The summed E-state index contributed by atoms with van der Waals surface area (Å²) in [6.07, 6.45) is 4.50. The molecule has 3 aromatic heterocycles. The van der Waals surface area contributed by atoms with Crippen molar-refractivity contribution in [1.82, 2.24) is 14.7 Å². The van der Waals surface area contributed by atoms with Crippen molar-refractivity contribution in [3.8, 4) is 11.3 Å². The summed E-state index contributed by atoms with van der Waals surface area (Å²) >= 11 is 0. The standard InChI is InChI=1S/C15H13N3O4/c1-3-18-7-11(15(20)21-2)13(19)10-4-5-12(17-14(10)18)9-6-16-22-8-9/h4-8H,3H2,1-2H3. The molecule has 22 heavy (non-hydrogen) atoms. The summed E-state index contributed by atoms with van der Waals surface area (Å²) in [5.41, 5.74) is 1.46. The molecular weight excluding hydrogens is 286 g/mol. The van der Waals surface area contributed by atoms with Gasteiger partial charge in [-0.3, -0.25) is 4.79 Å². The Kier molecular flexibility index (Phi) is 3.46. The van der Waals surface area contributed by atoms with Crippen molar-refractivity contribution in [2.45, 2.75) is 13.5 Å². The van der Waals surface area contributed by atoms with Crippen molar-refractivity contribution in [1.29, 1.82) is 0 Å². The molecule has 3 rings (SSSR count). The fourth-order valence-corrected chi connectivity index (χ4v) is 2.25. The number of carbonyl (C=O) groups excluding carboxylic acids is 1. The minimum absolute atomic E-state index is 0.00335. The lowest BCUT2D eigenvalue weighted by atomic mass is 10.1. The number of pyridine rings is 2. The van der Waals surface area contributed by atoms with E-state index in [1.165, 1.54) is 19.6 Å². The molecule has 0 aromatic carbocycles. The normalized spacial score (nSPS) is 10.8. The van der Waals surface area contributed by atoms with Crippen LogP contribution in [0.3, 0.4) is 0 Å². The molecule has 0 atom stereocenters. The number of ether oxygens (including phenoxy) is 1. The Morgan fingerprint density at radius 3 is 2.86 bits per heavy atom. The van der Waals surface area contributed by atoms with Gasteiger partial charge in [0.15, 0.2) is 0 Å². The molecule has 0 saturated carbocycles. The van der Waals surface area contributed by atoms with E-state index in [1.54, 1.807) is 22.9 Å². The molecule has 0 aliphatic carbocycles. The first-order valence-corrected chi connectivity index (χ1v) is 6.68. The molecular formula is C15H13N3O4. The van der Waals surface area contributed by atoms with Crippen LogP contribution in [0.5, 0.6) is 0 Å². The SMILES string of the molecule is CCn1cc(C(=O)OC)c(=O)c2ccc(-c3cnoc3)nc21. The molecule has 0 spiro atoms. The molecule has 0 amide bonds. The van der Waals surface area contributed by atoms with E-state index in [0.29, 0.717) is 28.8 Å². The van der Waals surface area contributed by atoms with Crippen molar-refractivity contribution in [2.24, 2.45) is 0 Å². The summed E-state index contributed by atoms with van der Waals surface area (Å²) in [7, 11) is 1.25. The van der Waals surface area contributed by atoms with Crippen molar-refractivity contribution in [3.05, 3.63) is 46.6 Å². The van der Waals surface area contributed by atoms with Gasteiger partial charge in [0, 0.05) is 12.7 Å². The molecule has 0 unspecified atom stereocenters. The largest absolute Gasteiger partial charge is 0.465 e. The van der Waals surface area contributed by atoms with Gasteiger partial charge in [-0.2, -0.15) is 0 Å². The van der Waals surface area contributed by atoms with Gasteiger partial charge in [0.1, 0.15) is 17.5 Å². The van der Waals surface area contributed by atoms with Crippen molar-refractivity contribution >= 4 is 17.0 Å². The summed E-state index contributed by atoms with van der Waals surface area (Å²) in [5.74, 6) is -0.655. The smallest absolute Gasteiger partial charge is 0.343 e. The highest BCUT2D eigenvalue weighted by Gasteiger charge is 2.17. The number of nitrogens with zero attached hydrogens (tertiary/aromatic N) is 3. The molecule has 0 saturated heterocycles. The Bertz CT molecular complexity index is 897. The van der Waals surface area contributed by atoms with E-state index in [-0.39, 0.29) is 5.56 Å². The Labute approximate surface area is 125 Å². The Morgan fingerprint density at radius 2 is 2.23 bits per heavy atom. The van der Waals surface area contributed by atoms with Gasteiger partial charge >= 0.3 is 5.97 Å². The van der Waals surface area contributed by atoms with Crippen LogP contribution in [0.1, 0.15) is 17.3 Å². The second-order valence-corrected chi connectivity index (χ2v) is 4.63. The molecule has 3 aromatic rings. The van der Waals surface area contributed by atoms with Crippen LogP contribution in [0.2, 0.25) is 0 Å². The van der Waals surface area contributed by atoms with Gasteiger partial charge in [0.2, 0.25) is 5.43 Å². The van der Waals surface area contributed by atoms with E-state index < -0.39 is 11.4 Å². The predicted octanol–water partition coefficient (Wildman–Crippen LogP) is 1.86. The van der Waals surface area contributed by atoms with Crippen LogP contribution in [0.4, 0.5) is 0 Å². The first-order valence-electron chi connectivity index (χ1n) is 6.68. The molecule has 0 fully saturated rings. The van der Waals surface area contributed by atoms with Crippen LogP contribution >= 0.6 is 0 Å². The zero-order chi connectivity index (χ0) is 15.7. The number of carbonyl (C=O) groups is 1. The summed E-state index contributed by atoms with van der Waals surface area (Å²) in [6, 6.07) is 3.34. The number of rotatable bonds is 3. The van der Waals surface area contributed by atoms with Gasteiger partial charge < -0.3 is 13.8 Å². The highest BCUT2D eigenvalue weighted by atomic mass is 16.5. The Hall–Kier alpha value is -2.96. The van der Waals surface area contributed by atoms with E-state index in [1.807, 2.05) is 6.92 Å². The molecule has 0 N–H and O–H groups in total. The number of hydrogen-bond acceptors (Lipinski definition) is 6. The third kappa shape index (κ3) is 2.16. The number of esters is 1. The average molecular weight is 299 g/mol. The summed E-state index contributed by atoms with van der Waals surface area (Å²) < 4.78 is 11.2. The van der Waals surface area contributed by atoms with E-state index in [9.17, 15) is 9.59 Å². The number of aryl methyl sites for hydroxylation is 1. The zero-order valence-electron chi connectivity index (χ0n) is 12.1. The van der Waals surface area contributed by atoms with Crippen molar-refractivity contribution in [3.63, 3.8) is 0 Å². The van der Waals surface area contributed by atoms with E-state index >= 15 is 0 Å². The maximum Gasteiger partial charge on any atom is 0.343 e. The van der Waals surface area contributed by atoms with Crippen LogP contribution in [0.15, 0.2) is 40.1 Å². The minimum Gasteiger partial charge on any atom is -0.465 e. The fraction of sp³-hybridized carbons (Fsp3) is 0.200. The molecule has 0 bridgehead atoms. The lowest BCUT2D eigenvalue weighted by Gasteiger charge is -2.10. The second kappa shape index (κ2) is 5.44. The van der Waals surface area contributed by atoms with E-state index in [0.717, 1.165) is 0 Å². The molecule has 7 heteroatoms. The summed E-state index contributed by atoms with van der Waals surface area (Å²) in [5, 5.41) is 4.01. The Balaban J connectivity index is 2.30. The monoisotopic (exact) mass is 299 g/mol. The van der Waals surface area contributed by atoms with Crippen LogP contribution in [-0.2, 0) is 11.3 Å². The number of aromatic nitrogens is 3. The van der Waals surface area contributed by atoms with Gasteiger partial charge in [0.05, 0.1) is 30.0 Å². The third-order valence-corrected chi connectivity index (χ3v) is 3.40. The summed E-state index contributed by atoms with van der Waals surface area (Å²) in [4.78, 5) is 28.6. The first-order chi connectivity index (χ1) is 10.7. The van der Waals surface area contributed by atoms with E-state index in [2.05, 4.69) is 14.9 Å². The van der Waals surface area contributed by atoms with Crippen molar-refractivity contribution in [2.75, 3.05) is 7.11 Å². The van der Waals surface area contributed by atoms with Gasteiger partial charge in [0.25, 0.3) is 0 Å². The highest BCUT2D eigenvalue weighted by Crippen LogP contribution is 2.19. The van der Waals surface area contributed by atoms with Crippen molar-refractivity contribution < 1.29 is 14.1 Å². The lowest BCUT2D eigenvalue weighted by molar-refractivity contribution is 0.0598. The molecule has 112 valence electrons.